The van der Waals surface area contributed by atoms with Gasteiger partial charge in [0, 0.05) is 12.1 Å². The zero-order valence-electron chi connectivity index (χ0n) is 15.3. The van der Waals surface area contributed by atoms with Gasteiger partial charge in [0.25, 0.3) is 0 Å². The molecule has 0 bridgehead atoms. The molecule has 1 heterocycles. The number of rotatable bonds is 7. The summed E-state index contributed by atoms with van der Waals surface area (Å²) < 4.78 is 68.4. The molecule has 0 aromatic heterocycles. The molecule has 1 amide bonds. The highest BCUT2D eigenvalue weighted by molar-refractivity contribution is 5.79. The van der Waals surface area contributed by atoms with Gasteiger partial charge in [-0.3, -0.25) is 4.79 Å². The number of hydrogen-bond donors (Lipinski definition) is 2. The zero-order valence-corrected chi connectivity index (χ0v) is 15.3. The molecular weight excluding hydrogens is 396 g/mol. The summed E-state index contributed by atoms with van der Waals surface area (Å²) in [6.45, 7) is 1.53. The summed E-state index contributed by atoms with van der Waals surface area (Å²) in [5.74, 6) is -0.604. The molecule has 156 valence electrons. The largest absolute Gasteiger partial charge is 0.485 e. The molecule has 0 radical (unpaired) electrons. The molecule has 6 nitrogen and oxygen atoms in total. The van der Waals surface area contributed by atoms with Crippen molar-refractivity contribution in [3.8, 4) is 17.2 Å². The molecule has 29 heavy (non-hydrogen) atoms. The van der Waals surface area contributed by atoms with Gasteiger partial charge in [0.2, 0.25) is 18.4 Å². The smallest absolute Gasteiger partial charge is 0.416 e. The van der Waals surface area contributed by atoms with Crippen molar-refractivity contribution in [1.82, 2.24) is 5.32 Å². The van der Waals surface area contributed by atoms with Crippen LogP contribution in [0, 0.1) is 5.82 Å². The van der Waals surface area contributed by atoms with Gasteiger partial charge in [-0.1, -0.05) is 6.07 Å². The Labute approximate surface area is 163 Å². The first kappa shape index (κ1) is 20.7. The number of carbonyl (C=O) groups excluding carboxylic acids is 1. The predicted octanol–water partition coefficient (Wildman–Crippen LogP) is 3.12. The Kier molecular flexibility index (Phi) is 5.83. The van der Waals surface area contributed by atoms with E-state index in [1.165, 1.54) is 0 Å². The lowest BCUT2D eigenvalue weighted by Gasteiger charge is -2.14. The van der Waals surface area contributed by atoms with Crippen LogP contribution < -0.4 is 25.3 Å². The van der Waals surface area contributed by atoms with E-state index in [0.29, 0.717) is 17.4 Å². The molecule has 3 N–H and O–H groups in total. The van der Waals surface area contributed by atoms with E-state index in [0.717, 1.165) is 12.1 Å². The minimum Gasteiger partial charge on any atom is -0.485 e. The van der Waals surface area contributed by atoms with Gasteiger partial charge in [-0.05, 0) is 36.8 Å². The number of ether oxygens (including phenoxy) is 3. The number of benzene rings is 2. The van der Waals surface area contributed by atoms with E-state index in [1.54, 1.807) is 19.1 Å². The molecule has 2 aromatic rings. The van der Waals surface area contributed by atoms with Crippen LogP contribution in [0.5, 0.6) is 17.2 Å². The quantitative estimate of drug-likeness (QED) is 0.681. The van der Waals surface area contributed by atoms with E-state index in [-0.39, 0.29) is 37.0 Å². The molecule has 0 saturated heterocycles. The molecule has 3 rings (SSSR count). The van der Waals surface area contributed by atoms with Crippen LogP contribution in [0.15, 0.2) is 30.3 Å². The molecule has 0 aliphatic carbocycles. The van der Waals surface area contributed by atoms with Crippen LogP contribution in [0.3, 0.4) is 0 Å². The molecule has 1 unspecified atom stereocenters. The number of alkyl halides is 3. The van der Waals surface area contributed by atoms with Gasteiger partial charge >= 0.3 is 6.18 Å². The number of primary amides is 1. The fourth-order valence-electron chi connectivity index (χ4n) is 2.70. The normalized spacial score (nSPS) is 14.0. The second-order valence-corrected chi connectivity index (χ2v) is 6.43. The average molecular weight is 414 g/mol. The standard InChI is InChI=1S/C19H18F4N2O4/c1-10(18(24)26)25-7-12-2-3-15(17-16(12)28-9-29-17)27-8-11-4-13(19(21,22)23)6-14(20)5-11/h2-6,10,25H,7-9H2,1H3,(H2,24,26). The van der Waals surface area contributed by atoms with E-state index >= 15 is 0 Å². The van der Waals surface area contributed by atoms with E-state index < -0.39 is 29.5 Å². The lowest BCUT2D eigenvalue weighted by Crippen LogP contribution is -2.38. The lowest BCUT2D eigenvalue weighted by molar-refractivity contribution is -0.137. The third kappa shape index (κ3) is 4.89. The molecule has 0 spiro atoms. The van der Waals surface area contributed by atoms with Gasteiger partial charge in [0.05, 0.1) is 11.6 Å². The van der Waals surface area contributed by atoms with Crippen molar-refractivity contribution in [3.05, 3.63) is 52.8 Å². The number of nitrogens with one attached hydrogen (secondary N) is 1. The van der Waals surface area contributed by atoms with Crippen molar-refractivity contribution in [3.63, 3.8) is 0 Å². The van der Waals surface area contributed by atoms with Gasteiger partial charge in [0.15, 0.2) is 11.5 Å². The van der Waals surface area contributed by atoms with Gasteiger partial charge < -0.3 is 25.3 Å². The summed E-state index contributed by atoms with van der Waals surface area (Å²) in [6.07, 6.45) is -4.66. The highest BCUT2D eigenvalue weighted by Gasteiger charge is 2.31. The summed E-state index contributed by atoms with van der Waals surface area (Å²) in [5.41, 5.74) is 4.82. The Bertz CT molecular complexity index is 918. The first-order valence-electron chi connectivity index (χ1n) is 8.59. The Balaban J connectivity index is 1.75. The molecule has 0 fully saturated rings. The molecule has 1 aliphatic rings. The van der Waals surface area contributed by atoms with Crippen LogP contribution in [0.2, 0.25) is 0 Å². The number of fused-ring (bicyclic) bond motifs is 1. The maximum atomic E-state index is 13.5. The van der Waals surface area contributed by atoms with Gasteiger partial charge in [-0.15, -0.1) is 0 Å². The second-order valence-electron chi connectivity index (χ2n) is 6.43. The summed E-state index contributed by atoms with van der Waals surface area (Å²) in [6, 6.07) is 4.88. The van der Waals surface area contributed by atoms with Crippen LogP contribution in [-0.4, -0.2) is 18.7 Å². The van der Waals surface area contributed by atoms with Crippen molar-refractivity contribution in [2.75, 3.05) is 6.79 Å². The van der Waals surface area contributed by atoms with E-state index in [4.69, 9.17) is 19.9 Å². The number of amides is 1. The van der Waals surface area contributed by atoms with E-state index in [9.17, 15) is 22.4 Å². The molecule has 2 aromatic carbocycles. The Morgan fingerprint density at radius 3 is 2.66 bits per heavy atom. The third-order valence-electron chi connectivity index (χ3n) is 4.27. The fraction of sp³-hybridized carbons (Fsp3) is 0.316. The number of carbonyl (C=O) groups is 1. The van der Waals surface area contributed by atoms with Crippen molar-refractivity contribution in [1.29, 1.82) is 0 Å². The number of halogens is 4. The first-order valence-corrected chi connectivity index (χ1v) is 8.59. The molecule has 1 atom stereocenters. The fourth-order valence-corrected chi connectivity index (χ4v) is 2.70. The predicted molar refractivity (Wildman–Crippen MR) is 93.8 cm³/mol. The second kappa shape index (κ2) is 8.16. The van der Waals surface area contributed by atoms with Crippen molar-refractivity contribution < 1.29 is 36.6 Å². The highest BCUT2D eigenvalue weighted by Crippen LogP contribution is 2.44. The van der Waals surface area contributed by atoms with Crippen molar-refractivity contribution in [2.24, 2.45) is 5.73 Å². The highest BCUT2D eigenvalue weighted by atomic mass is 19.4. The summed E-state index contributed by atoms with van der Waals surface area (Å²) in [4.78, 5) is 11.1. The number of nitrogens with two attached hydrogens (primary N) is 1. The average Bonchev–Trinajstić information content (AvgIpc) is 3.13. The minimum absolute atomic E-state index is 0.0195. The van der Waals surface area contributed by atoms with Gasteiger partial charge in [-0.25, -0.2) is 4.39 Å². The summed E-state index contributed by atoms with van der Waals surface area (Å²) in [5, 5.41) is 2.93. The van der Waals surface area contributed by atoms with Crippen LogP contribution in [0.1, 0.15) is 23.6 Å². The topological polar surface area (TPSA) is 82.8 Å². The molecular formula is C19H18F4N2O4. The Hall–Kier alpha value is -3.01. The SMILES string of the molecule is CC(NCc1ccc(OCc2cc(F)cc(C(F)(F)F)c2)c2c1OCO2)C(N)=O. The summed E-state index contributed by atoms with van der Waals surface area (Å²) >= 11 is 0. The Morgan fingerprint density at radius 2 is 1.97 bits per heavy atom. The monoisotopic (exact) mass is 414 g/mol. The number of hydrogen-bond acceptors (Lipinski definition) is 5. The van der Waals surface area contributed by atoms with E-state index in [1.807, 2.05) is 0 Å². The lowest BCUT2D eigenvalue weighted by atomic mass is 10.1. The summed E-state index contributed by atoms with van der Waals surface area (Å²) in [7, 11) is 0. The van der Waals surface area contributed by atoms with Crippen LogP contribution in [0.4, 0.5) is 17.6 Å². The third-order valence-corrected chi connectivity index (χ3v) is 4.27. The van der Waals surface area contributed by atoms with Gasteiger partial charge in [0.1, 0.15) is 12.4 Å². The van der Waals surface area contributed by atoms with Crippen LogP contribution in [0.25, 0.3) is 0 Å². The molecule has 10 heteroatoms. The maximum Gasteiger partial charge on any atom is 0.416 e. The molecule has 0 saturated carbocycles. The first-order chi connectivity index (χ1) is 13.6. The minimum atomic E-state index is -4.66. The molecule has 1 aliphatic heterocycles. The van der Waals surface area contributed by atoms with Gasteiger partial charge in [-0.2, -0.15) is 13.2 Å². The zero-order chi connectivity index (χ0) is 21.2. The van der Waals surface area contributed by atoms with Crippen molar-refractivity contribution in [2.45, 2.75) is 32.3 Å². The van der Waals surface area contributed by atoms with Crippen LogP contribution in [-0.2, 0) is 24.1 Å². The Morgan fingerprint density at radius 1 is 1.24 bits per heavy atom. The van der Waals surface area contributed by atoms with Crippen LogP contribution >= 0.6 is 0 Å². The van der Waals surface area contributed by atoms with E-state index in [2.05, 4.69) is 5.32 Å². The maximum absolute atomic E-state index is 13.5. The van der Waals surface area contributed by atoms with Crippen molar-refractivity contribution >= 4 is 5.91 Å².